The Balaban J connectivity index is 1.90. The predicted molar refractivity (Wildman–Crippen MR) is 78.7 cm³/mol. The highest BCUT2D eigenvalue weighted by atomic mass is 32.2. The molecule has 20 heavy (non-hydrogen) atoms. The first-order valence-electron chi connectivity index (χ1n) is 7.27. The van der Waals surface area contributed by atoms with E-state index in [9.17, 15) is 10.2 Å². The second-order valence-corrected chi connectivity index (χ2v) is 6.25. The summed E-state index contributed by atoms with van der Waals surface area (Å²) < 4.78 is 5.90. The number of aliphatic imine (C=N–C) groups is 1. The van der Waals surface area contributed by atoms with Crippen molar-refractivity contribution in [2.75, 3.05) is 13.2 Å². The molecule has 0 aliphatic carbocycles. The van der Waals surface area contributed by atoms with E-state index in [4.69, 9.17) is 9.84 Å². The van der Waals surface area contributed by atoms with Gasteiger partial charge in [0.1, 0.15) is 17.6 Å². The number of fused-ring (bicyclic) bond motifs is 1. The summed E-state index contributed by atoms with van der Waals surface area (Å²) in [5, 5.41) is 33.0. The zero-order valence-corrected chi connectivity index (χ0v) is 12.6. The maximum atomic E-state index is 10.2. The second-order valence-electron chi connectivity index (χ2n) is 5.16. The van der Waals surface area contributed by atoms with E-state index in [-0.39, 0.29) is 24.2 Å². The molecule has 7 heteroatoms. The highest BCUT2D eigenvalue weighted by Gasteiger charge is 2.48. The van der Waals surface area contributed by atoms with Gasteiger partial charge < -0.3 is 25.4 Å². The fraction of sp³-hybridized carbons (Fsp3) is 0.923. The van der Waals surface area contributed by atoms with Gasteiger partial charge in [-0.1, -0.05) is 24.6 Å². The Morgan fingerprint density at radius 3 is 2.75 bits per heavy atom. The maximum Gasteiger partial charge on any atom is 0.159 e. The number of amidine groups is 1. The molecule has 116 valence electrons. The minimum atomic E-state index is -0.876. The molecule has 2 rings (SSSR count). The summed E-state index contributed by atoms with van der Waals surface area (Å²) in [5.41, 5.74) is -0.193. The molecule has 6 nitrogen and oxygen atoms in total. The largest absolute Gasteiger partial charge is 0.396 e. The number of unbranched alkanes of at least 4 members (excludes halogenated alkanes) is 2. The Morgan fingerprint density at radius 1 is 1.25 bits per heavy atom. The lowest BCUT2D eigenvalue weighted by atomic mass is 9.94. The normalized spacial score (nSPS) is 38.8. The van der Waals surface area contributed by atoms with E-state index in [1.807, 2.05) is 6.92 Å². The van der Waals surface area contributed by atoms with Crippen LogP contribution in [0, 0.1) is 0 Å². The number of ether oxygens (including phenoxy) is 1. The summed E-state index contributed by atoms with van der Waals surface area (Å²) in [4.78, 5) is 4.29. The van der Waals surface area contributed by atoms with Gasteiger partial charge in [0.15, 0.2) is 5.17 Å². The smallest absolute Gasteiger partial charge is 0.159 e. The lowest BCUT2D eigenvalue weighted by Crippen LogP contribution is -2.58. The van der Waals surface area contributed by atoms with E-state index in [1.54, 1.807) is 0 Å². The molecule has 0 amide bonds. The van der Waals surface area contributed by atoms with Gasteiger partial charge in [-0.3, -0.25) is 4.99 Å². The number of aliphatic hydroxyl groups is 3. The number of aliphatic hydroxyl groups excluding tert-OH is 3. The Bertz CT molecular complexity index is 342. The van der Waals surface area contributed by atoms with Crippen molar-refractivity contribution < 1.29 is 20.1 Å². The molecule has 0 saturated carbocycles. The van der Waals surface area contributed by atoms with E-state index >= 15 is 0 Å². The standard InChI is InChI=1S/C13H24N2O4S/c1-2-14-13-15-9-11(18)10(17)8(19-12(9)20-13)6-4-3-5-7-16/h8-12,16-18H,2-7H2,1H3,(H,14,15)/t8-,9?,10?,11?,12-/m0/s1. The van der Waals surface area contributed by atoms with E-state index in [0.717, 1.165) is 24.4 Å². The van der Waals surface area contributed by atoms with Gasteiger partial charge in [-0.2, -0.15) is 0 Å². The zero-order chi connectivity index (χ0) is 14.5. The third-order valence-corrected chi connectivity index (χ3v) is 4.77. The van der Waals surface area contributed by atoms with Crippen LogP contribution in [0.15, 0.2) is 4.99 Å². The lowest BCUT2D eigenvalue weighted by Gasteiger charge is -2.39. The average molecular weight is 304 g/mol. The first-order valence-corrected chi connectivity index (χ1v) is 8.15. The van der Waals surface area contributed by atoms with Gasteiger partial charge in [-0.15, -0.1) is 0 Å². The van der Waals surface area contributed by atoms with Crippen LogP contribution in [0.5, 0.6) is 0 Å². The minimum absolute atomic E-state index is 0.192. The fourth-order valence-electron chi connectivity index (χ4n) is 2.57. The lowest BCUT2D eigenvalue weighted by molar-refractivity contribution is -0.158. The van der Waals surface area contributed by atoms with Crippen molar-refractivity contribution >= 4 is 16.9 Å². The Morgan fingerprint density at radius 2 is 2.05 bits per heavy atom. The molecule has 3 unspecified atom stereocenters. The van der Waals surface area contributed by atoms with Crippen LogP contribution in [0.2, 0.25) is 0 Å². The van der Waals surface area contributed by atoms with Gasteiger partial charge in [-0.25, -0.2) is 0 Å². The van der Waals surface area contributed by atoms with Gasteiger partial charge in [0, 0.05) is 13.2 Å². The number of hydrogen-bond donors (Lipinski definition) is 4. The van der Waals surface area contributed by atoms with Crippen LogP contribution in [-0.4, -0.2) is 63.4 Å². The molecule has 4 N–H and O–H groups in total. The van der Waals surface area contributed by atoms with Gasteiger partial charge in [0.2, 0.25) is 0 Å². The van der Waals surface area contributed by atoms with E-state index in [1.165, 1.54) is 11.8 Å². The number of nitrogens with zero attached hydrogens (tertiary/aromatic N) is 1. The molecule has 2 saturated heterocycles. The van der Waals surface area contributed by atoms with Gasteiger partial charge >= 0.3 is 0 Å². The highest BCUT2D eigenvalue weighted by molar-refractivity contribution is 8.14. The molecule has 2 aliphatic rings. The summed E-state index contributed by atoms with van der Waals surface area (Å²) in [5.74, 6) is 0. The van der Waals surface area contributed by atoms with Crippen LogP contribution in [0.25, 0.3) is 0 Å². The highest BCUT2D eigenvalue weighted by Crippen LogP contribution is 2.35. The van der Waals surface area contributed by atoms with Gasteiger partial charge in [-0.05, 0) is 19.8 Å². The van der Waals surface area contributed by atoms with Crippen molar-refractivity contribution in [2.45, 2.75) is 62.4 Å². The minimum Gasteiger partial charge on any atom is -0.396 e. The van der Waals surface area contributed by atoms with Crippen molar-refractivity contribution in [2.24, 2.45) is 4.99 Å². The molecule has 5 atom stereocenters. The molecule has 0 aromatic carbocycles. The Hall–Kier alpha value is -0.340. The summed E-state index contributed by atoms with van der Waals surface area (Å²) in [6.07, 6.45) is 1.18. The molecule has 2 fully saturated rings. The predicted octanol–water partition coefficient (Wildman–Crippen LogP) is 0.0667. The molecule has 0 aromatic heterocycles. The summed E-state index contributed by atoms with van der Waals surface area (Å²) >= 11 is 1.48. The zero-order valence-electron chi connectivity index (χ0n) is 11.7. The molecule has 2 heterocycles. The Kier molecular flexibility index (Phi) is 6.10. The molecular weight excluding hydrogens is 280 g/mol. The molecular formula is C13H24N2O4S. The van der Waals surface area contributed by atoms with Gasteiger partial charge in [0.05, 0.1) is 12.1 Å². The van der Waals surface area contributed by atoms with Crippen LogP contribution in [0.3, 0.4) is 0 Å². The van der Waals surface area contributed by atoms with Crippen LogP contribution >= 0.6 is 11.8 Å². The topological polar surface area (TPSA) is 94.3 Å². The third-order valence-electron chi connectivity index (χ3n) is 3.67. The maximum absolute atomic E-state index is 10.2. The van der Waals surface area contributed by atoms with Crippen LogP contribution in [0.4, 0.5) is 0 Å². The Labute approximate surface area is 123 Å². The number of hydrogen-bond acceptors (Lipinski definition) is 6. The fourth-order valence-corrected chi connectivity index (χ4v) is 3.77. The average Bonchev–Trinajstić information content (AvgIpc) is 2.83. The SMILES string of the molecule is CCN=C1NC2C(O)C(O)[C@H](CCCCCO)O[C@H]2S1. The van der Waals surface area contributed by atoms with Crippen LogP contribution in [0.1, 0.15) is 32.6 Å². The molecule has 0 bridgehead atoms. The van der Waals surface area contributed by atoms with Crippen molar-refractivity contribution in [3.8, 4) is 0 Å². The van der Waals surface area contributed by atoms with Crippen LogP contribution < -0.4 is 5.32 Å². The van der Waals surface area contributed by atoms with Crippen molar-refractivity contribution in [3.05, 3.63) is 0 Å². The molecule has 0 spiro atoms. The van der Waals surface area contributed by atoms with Crippen molar-refractivity contribution in [1.29, 1.82) is 0 Å². The monoisotopic (exact) mass is 304 g/mol. The first-order chi connectivity index (χ1) is 9.67. The van der Waals surface area contributed by atoms with Gasteiger partial charge in [0.25, 0.3) is 0 Å². The third kappa shape index (κ3) is 3.65. The van der Waals surface area contributed by atoms with E-state index in [2.05, 4.69) is 10.3 Å². The molecule has 2 aliphatic heterocycles. The summed E-state index contributed by atoms with van der Waals surface area (Å²) in [7, 11) is 0. The van der Waals surface area contributed by atoms with Crippen molar-refractivity contribution in [1.82, 2.24) is 5.32 Å². The molecule has 0 aromatic rings. The summed E-state index contributed by atoms with van der Waals surface area (Å²) in [6, 6.07) is -0.297. The first kappa shape index (κ1) is 16.0. The van der Waals surface area contributed by atoms with E-state index in [0.29, 0.717) is 13.0 Å². The molecule has 0 radical (unpaired) electrons. The quantitative estimate of drug-likeness (QED) is 0.519. The number of nitrogens with one attached hydrogen (secondary N) is 1. The van der Waals surface area contributed by atoms with Crippen LogP contribution in [-0.2, 0) is 4.74 Å². The van der Waals surface area contributed by atoms with E-state index < -0.39 is 12.2 Å². The van der Waals surface area contributed by atoms with Crippen molar-refractivity contribution in [3.63, 3.8) is 0 Å². The summed E-state index contributed by atoms with van der Waals surface area (Å²) in [6.45, 7) is 2.82. The second kappa shape index (κ2) is 7.61. The number of thioether (sulfide) groups is 1. The number of rotatable bonds is 6.